The van der Waals surface area contributed by atoms with Gasteiger partial charge in [-0.25, -0.2) is 9.37 Å². The molecule has 3 aromatic rings. The van der Waals surface area contributed by atoms with Crippen LogP contribution in [-0.2, 0) is 0 Å². The quantitative estimate of drug-likeness (QED) is 0.791. The second-order valence-electron chi connectivity index (χ2n) is 5.90. The summed E-state index contributed by atoms with van der Waals surface area (Å²) < 4.78 is 15.2. The van der Waals surface area contributed by atoms with E-state index in [4.69, 9.17) is 11.6 Å². The highest BCUT2D eigenvalue weighted by atomic mass is 35.5. The maximum Gasteiger partial charge on any atom is 0.165 e. The molecule has 1 saturated heterocycles. The second-order valence-corrected chi connectivity index (χ2v) is 6.30. The molecule has 0 aliphatic carbocycles. The van der Waals surface area contributed by atoms with Crippen molar-refractivity contribution in [3.63, 3.8) is 0 Å². The van der Waals surface area contributed by atoms with Gasteiger partial charge in [0.15, 0.2) is 5.65 Å². The number of hydrogen-bond acceptors (Lipinski definition) is 4. The summed E-state index contributed by atoms with van der Waals surface area (Å²) >= 11 is 5.90. The molecule has 7 heteroatoms. The molecule has 124 valence electrons. The number of nitrogens with zero attached hydrogens (tertiary/aromatic N) is 4. The maximum absolute atomic E-state index is 13.4. The number of benzene rings is 1. The molecule has 3 heterocycles. The number of fused-ring (bicyclic) bond motifs is 1. The van der Waals surface area contributed by atoms with Crippen molar-refractivity contribution in [3.8, 4) is 11.1 Å². The number of rotatable bonds is 3. The molecular formula is C17H16ClFN4O. The third-order valence-corrected chi connectivity index (χ3v) is 4.78. The van der Waals surface area contributed by atoms with Crippen molar-refractivity contribution in [2.75, 3.05) is 18.1 Å². The molecule has 1 aromatic carbocycles. The van der Waals surface area contributed by atoms with E-state index in [9.17, 15) is 9.50 Å². The lowest BCUT2D eigenvalue weighted by Gasteiger charge is -2.25. The lowest BCUT2D eigenvalue weighted by atomic mass is 10.1. The van der Waals surface area contributed by atoms with Gasteiger partial charge in [0.25, 0.3) is 0 Å². The highest BCUT2D eigenvalue weighted by Crippen LogP contribution is 2.31. The van der Waals surface area contributed by atoms with Crippen molar-refractivity contribution in [2.45, 2.75) is 18.9 Å². The minimum atomic E-state index is -0.451. The van der Waals surface area contributed by atoms with Crippen LogP contribution in [0.3, 0.4) is 0 Å². The van der Waals surface area contributed by atoms with Crippen molar-refractivity contribution in [3.05, 3.63) is 47.5 Å². The standard InChI is InChI=1S/C17H16ClFN4O/c18-14-8-11(3-4-15(14)19)13-9-21-23-16(5-6-20-17(13)23)22-7-1-2-12(22)10-24/h3-6,8-9,12,24H,1-2,7,10H2/t12-/m0/s1. The normalized spacial score (nSPS) is 17.8. The molecule has 0 spiro atoms. The van der Waals surface area contributed by atoms with E-state index in [0.29, 0.717) is 5.65 Å². The van der Waals surface area contributed by atoms with E-state index in [-0.39, 0.29) is 17.7 Å². The molecule has 0 amide bonds. The molecule has 4 rings (SSSR count). The van der Waals surface area contributed by atoms with Gasteiger partial charge < -0.3 is 10.0 Å². The summed E-state index contributed by atoms with van der Waals surface area (Å²) in [6.45, 7) is 0.993. The van der Waals surface area contributed by atoms with Crippen molar-refractivity contribution in [1.29, 1.82) is 0 Å². The summed E-state index contributed by atoms with van der Waals surface area (Å²) in [5, 5.41) is 14.1. The zero-order valence-electron chi connectivity index (χ0n) is 12.9. The van der Waals surface area contributed by atoms with Gasteiger partial charge in [-0.05, 0) is 36.6 Å². The fourth-order valence-corrected chi connectivity index (χ4v) is 3.47. The minimum Gasteiger partial charge on any atom is -0.394 e. The molecule has 1 aliphatic rings. The summed E-state index contributed by atoms with van der Waals surface area (Å²) in [5.41, 5.74) is 2.23. The van der Waals surface area contributed by atoms with Crippen molar-refractivity contribution >= 4 is 23.1 Å². The molecule has 1 N–H and O–H groups in total. The lowest BCUT2D eigenvalue weighted by molar-refractivity contribution is 0.265. The molecule has 1 aliphatic heterocycles. The first-order valence-corrected chi connectivity index (χ1v) is 8.22. The monoisotopic (exact) mass is 346 g/mol. The predicted molar refractivity (Wildman–Crippen MR) is 90.8 cm³/mol. The molecule has 0 saturated carbocycles. The third kappa shape index (κ3) is 2.42. The van der Waals surface area contributed by atoms with Crippen LogP contribution in [0.1, 0.15) is 12.8 Å². The van der Waals surface area contributed by atoms with Gasteiger partial charge in [-0.1, -0.05) is 17.7 Å². The van der Waals surface area contributed by atoms with Crippen LogP contribution in [0.4, 0.5) is 10.2 Å². The Bertz CT molecular complexity index is 897. The summed E-state index contributed by atoms with van der Waals surface area (Å²) in [7, 11) is 0. The molecule has 1 atom stereocenters. The fourth-order valence-electron chi connectivity index (χ4n) is 3.29. The van der Waals surface area contributed by atoms with Gasteiger partial charge in [0.1, 0.15) is 11.6 Å². The maximum atomic E-state index is 13.4. The molecule has 0 bridgehead atoms. The van der Waals surface area contributed by atoms with Crippen LogP contribution < -0.4 is 4.90 Å². The van der Waals surface area contributed by atoms with E-state index in [1.54, 1.807) is 29.0 Å². The van der Waals surface area contributed by atoms with Crippen LogP contribution >= 0.6 is 11.6 Å². The molecule has 0 radical (unpaired) electrons. The minimum absolute atomic E-state index is 0.0721. The highest BCUT2D eigenvalue weighted by molar-refractivity contribution is 6.31. The first-order valence-electron chi connectivity index (χ1n) is 7.84. The Morgan fingerprint density at radius 3 is 3.00 bits per heavy atom. The van der Waals surface area contributed by atoms with E-state index in [2.05, 4.69) is 15.0 Å². The van der Waals surface area contributed by atoms with Crippen LogP contribution in [-0.4, -0.2) is 38.9 Å². The van der Waals surface area contributed by atoms with Gasteiger partial charge in [0, 0.05) is 18.3 Å². The largest absolute Gasteiger partial charge is 0.394 e. The fraction of sp³-hybridized carbons (Fsp3) is 0.294. The Morgan fingerprint density at radius 1 is 1.33 bits per heavy atom. The van der Waals surface area contributed by atoms with E-state index in [1.165, 1.54) is 6.07 Å². The van der Waals surface area contributed by atoms with E-state index >= 15 is 0 Å². The Morgan fingerprint density at radius 2 is 2.21 bits per heavy atom. The van der Waals surface area contributed by atoms with E-state index in [0.717, 1.165) is 36.3 Å². The van der Waals surface area contributed by atoms with Crippen LogP contribution in [0.25, 0.3) is 16.8 Å². The zero-order valence-corrected chi connectivity index (χ0v) is 13.6. The number of anilines is 1. The first-order chi connectivity index (χ1) is 11.7. The van der Waals surface area contributed by atoms with Gasteiger partial charge in [-0.2, -0.15) is 9.61 Å². The molecule has 24 heavy (non-hydrogen) atoms. The van der Waals surface area contributed by atoms with Gasteiger partial charge in [-0.3, -0.25) is 0 Å². The average Bonchev–Trinajstić information content (AvgIpc) is 3.23. The van der Waals surface area contributed by atoms with Crippen LogP contribution in [0.15, 0.2) is 36.7 Å². The predicted octanol–water partition coefficient (Wildman–Crippen LogP) is 3.15. The van der Waals surface area contributed by atoms with Crippen LogP contribution in [0.2, 0.25) is 5.02 Å². The van der Waals surface area contributed by atoms with E-state index < -0.39 is 5.82 Å². The summed E-state index contributed by atoms with van der Waals surface area (Å²) in [6.07, 6.45) is 5.44. The third-order valence-electron chi connectivity index (χ3n) is 4.49. The number of aromatic nitrogens is 3. The molecule has 5 nitrogen and oxygen atoms in total. The summed E-state index contributed by atoms with van der Waals surface area (Å²) in [4.78, 5) is 6.58. The van der Waals surface area contributed by atoms with Crippen molar-refractivity contribution in [1.82, 2.24) is 14.6 Å². The zero-order chi connectivity index (χ0) is 16.7. The molecular weight excluding hydrogens is 331 g/mol. The van der Waals surface area contributed by atoms with E-state index in [1.807, 2.05) is 6.07 Å². The number of aliphatic hydroxyl groups is 1. The first kappa shape index (κ1) is 15.4. The smallest absolute Gasteiger partial charge is 0.165 e. The summed E-state index contributed by atoms with van der Waals surface area (Å²) in [6, 6.07) is 6.58. The Labute approximate surface area is 143 Å². The van der Waals surface area contributed by atoms with Gasteiger partial charge in [-0.15, -0.1) is 0 Å². The number of halogens is 2. The summed E-state index contributed by atoms with van der Waals surface area (Å²) in [5.74, 6) is 0.449. The number of hydrogen-bond donors (Lipinski definition) is 1. The number of aliphatic hydroxyl groups excluding tert-OH is 1. The van der Waals surface area contributed by atoms with Crippen LogP contribution in [0, 0.1) is 5.82 Å². The Balaban J connectivity index is 1.83. The Kier molecular flexibility index (Phi) is 3.86. The highest BCUT2D eigenvalue weighted by Gasteiger charge is 2.26. The second kappa shape index (κ2) is 6.03. The van der Waals surface area contributed by atoms with Gasteiger partial charge in [0.2, 0.25) is 0 Å². The Hall–Kier alpha value is -2.18. The average molecular weight is 347 g/mol. The lowest BCUT2D eigenvalue weighted by Crippen LogP contribution is -2.33. The molecule has 2 aromatic heterocycles. The van der Waals surface area contributed by atoms with Crippen LogP contribution in [0.5, 0.6) is 0 Å². The SMILES string of the molecule is OC[C@@H]1CCCN1c1ccnc2c(-c3ccc(F)c(Cl)c3)cnn12. The van der Waals surface area contributed by atoms with Gasteiger partial charge >= 0.3 is 0 Å². The molecule has 0 unspecified atom stereocenters. The molecule has 1 fully saturated rings. The van der Waals surface area contributed by atoms with Crippen molar-refractivity contribution < 1.29 is 9.50 Å². The van der Waals surface area contributed by atoms with Crippen molar-refractivity contribution in [2.24, 2.45) is 0 Å². The topological polar surface area (TPSA) is 53.7 Å². The van der Waals surface area contributed by atoms with Gasteiger partial charge in [0.05, 0.1) is 23.9 Å².